The van der Waals surface area contributed by atoms with Crippen molar-refractivity contribution in [1.29, 1.82) is 0 Å². The smallest absolute Gasteiger partial charge is 0.456 e. The van der Waals surface area contributed by atoms with E-state index in [1.807, 2.05) is 109 Å². The summed E-state index contributed by atoms with van der Waals surface area (Å²) in [4.78, 5) is 36.2. The molecule has 574 valence electrons. The number of aliphatic hydroxyl groups excluding tert-OH is 1. The minimum absolute atomic E-state index is 0.0118. The average Bonchev–Trinajstić information content (AvgIpc) is 1.61. The Morgan fingerprint density at radius 2 is 0.764 bits per heavy atom. The highest BCUT2D eigenvalue weighted by Gasteiger charge is 2.60. The molecule has 0 amide bonds. The Morgan fingerprint density at radius 1 is 0.445 bits per heavy atom. The lowest BCUT2D eigenvalue weighted by atomic mass is 9.96. The van der Waals surface area contributed by atoms with Crippen molar-refractivity contribution < 1.29 is 98.4 Å². The molecule has 7 atom stereocenters. The second-order valence-corrected chi connectivity index (χ2v) is 29.1. The van der Waals surface area contributed by atoms with E-state index in [1.54, 1.807) is 61.5 Å². The number of halogens is 15. The fraction of sp³-hybridized carbons (Fsp3) is 0.275. The molecule has 3 fully saturated rings. The number of aromatic amines is 3. The van der Waals surface area contributed by atoms with Crippen LogP contribution in [-0.4, -0.2) is 112 Å². The maximum Gasteiger partial charge on any atom is 0.456 e. The van der Waals surface area contributed by atoms with E-state index >= 15 is 0 Å². The number of fused-ring (bicyclic) bond motifs is 3. The minimum Gasteiger partial charge on any atom is -0.487 e. The number of imidazole rings is 3. The number of hydrogen-bond acceptors (Lipinski definition) is 10. The van der Waals surface area contributed by atoms with E-state index in [9.17, 15) is 84.2 Å². The molecule has 0 aliphatic heterocycles. The van der Waals surface area contributed by atoms with Gasteiger partial charge in [-0.15, -0.1) is 0 Å². The summed E-state index contributed by atoms with van der Waals surface area (Å²) >= 11 is 0. The summed E-state index contributed by atoms with van der Waals surface area (Å²) in [5.74, 6) is -11.7. The van der Waals surface area contributed by atoms with Crippen LogP contribution in [0.1, 0.15) is 125 Å². The van der Waals surface area contributed by atoms with E-state index in [1.165, 1.54) is 43.3 Å². The normalized spacial score (nSPS) is 18.2. The van der Waals surface area contributed by atoms with E-state index in [0.29, 0.717) is 11.3 Å². The van der Waals surface area contributed by atoms with Crippen LogP contribution in [0.2, 0.25) is 0 Å². The van der Waals surface area contributed by atoms with Crippen LogP contribution < -0.4 is 18.9 Å². The molecule has 110 heavy (non-hydrogen) atoms. The Balaban J connectivity index is 0.000000145. The first-order chi connectivity index (χ1) is 51.9. The van der Waals surface area contributed by atoms with E-state index < -0.39 is 72.2 Å². The molecule has 30 heteroatoms. The molecule has 0 bridgehead atoms. The number of H-pyrrole nitrogens is 3. The molecule has 14 nitrogen and oxygen atoms in total. The van der Waals surface area contributed by atoms with Gasteiger partial charge in [0.05, 0.1) is 51.1 Å². The van der Waals surface area contributed by atoms with Gasteiger partial charge in [0.2, 0.25) is 10.0 Å². The number of alkyl halides is 15. The van der Waals surface area contributed by atoms with Crippen LogP contribution in [0, 0.1) is 0 Å². The number of ether oxygens (including phenoxy) is 3. The summed E-state index contributed by atoms with van der Waals surface area (Å²) in [6.07, 6.45) is -14.0. The molecule has 15 rings (SSSR count). The molecule has 3 aliphatic rings. The van der Waals surface area contributed by atoms with Gasteiger partial charge in [-0.1, -0.05) is 121 Å². The molecule has 12 aromatic rings. The zero-order valence-corrected chi connectivity index (χ0v) is 59.0. The predicted molar refractivity (Wildman–Crippen MR) is 383 cm³/mol. The van der Waals surface area contributed by atoms with Crippen LogP contribution in [0.15, 0.2) is 200 Å². The molecule has 3 saturated carbocycles. The highest BCUT2D eigenvalue weighted by Crippen LogP contribution is 2.57. The van der Waals surface area contributed by atoms with Gasteiger partial charge in [0, 0.05) is 28.9 Å². The van der Waals surface area contributed by atoms with Gasteiger partial charge in [0.1, 0.15) is 34.7 Å². The van der Waals surface area contributed by atoms with Crippen LogP contribution in [-0.2, 0) is 10.0 Å². The molecule has 5 N–H and O–H groups in total. The first-order valence-corrected chi connectivity index (χ1v) is 36.2. The van der Waals surface area contributed by atoms with E-state index in [0.717, 1.165) is 132 Å². The molecule has 7 unspecified atom stereocenters. The van der Waals surface area contributed by atoms with Crippen LogP contribution in [0.25, 0.3) is 66.5 Å². The van der Waals surface area contributed by atoms with Gasteiger partial charge in [-0.2, -0.15) is 65.9 Å². The maximum atomic E-state index is 13.1. The predicted octanol–water partition coefficient (Wildman–Crippen LogP) is 20.9. The summed E-state index contributed by atoms with van der Waals surface area (Å²) in [6.45, 7) is -2.03. The van der Waals surface area contributed by atoms with Crippen LogP contribution >= 0.6 is 0 Å². The summed E-state index contributed by atoms with van der Waals surface area (Å²) in [6, 6.07) is 57.9. The van der Waals surface area contributed by atoms with Crippen LogP contribution in [0.4, 0.5) is 71.5 Å². The molecule has 9 aromatic carbocycles. The number of sulfonamides is 1. The fourth-order valence-electron chi connectivity index (χ4n) is 13.1. The number of para-hydroxylation sites is 1. The second-order valence-electron chi connectivity index (χ2n) is 27.4. The molecule has 3 aliphatic carbocycles. The number of nitrogens with one attached hydrogen (secondary N) is 4. The van der Waals surface area contributed by atoms with Gasteiger partial charge < -0.3 is 34.3 Å². The fourth-order valence-corrected chi connectivity index (χ4v) is 13.7. The number of hydrogen-bond donors (Lipinski definition) is 5. The van der Waals surface area contributed by atoms with Crippen LogP contribution in [0.5, 0.6) is 17.2 Å². The van der Waals surface area contributed by atoms with Crippen molar-refractivity contribution in [3.63, 3.8) is 0 Å². The zero-order chi connectivity index (χ0) is 78.6. The standard InChI is InChI=1S/C27H23F5N2O2.C27H21F5N2O2.C26H22F5N3O3S/c2*1-15(35)19-4-2-3-5-20(19)17-8-11-23-24(12-17)34-25(33-23)22-13-21(22)16-6-9-18(10-7-16)36-14-26(28,29)27(30,31)32;1-38(35,36)34-21-5-3-2-4-18(21)16-8-11-22-23(12-16)33-24(32-22)20-13-19(20)15-6-9-17(10-7-15)37-14-25(27,28)26(29,30)31/h2-12,15,21-22,35H,13-14H2,1H3,(H,33,34);2-12,21-22H,13-14H2,1H3,(H,33,34);2-12,19-20,34H,13-14H2,1H3,(H,32,33). The number of carbonyl (C=O) groups excluding carboxylic acids is 1. The lowest BCUT2D eigenvalue weighted by Crippen LogP contribution is -2.41. The number of aromatic nitrogens is 6. The zero-order valence-electron chi connectivity index (χ0n) is 58.2. The van der Waals surface area contributed by atoms with Gasteiger partial charge in [0.25, 0.3) is 0 Å². The lowest BCUT2D eigenvalue weighted by molar-refractivity contribution is -0.290. The van der Waals surface area contributed by atoms with E-state index in [-0.39, 0.29) is 58.5 Å². The number of ketones is 1. The first-order valence-electron chi connectivity index (χ1n) is 34.3. The Morgan fingerprint density at radius 3 is 1.11 bits per heavy atom. The molecular formula is C80H66F15N7O7S. The summed E-state index contributed by atoms with van der Waals surface area (Å²) in [7, 11) is -3.46. The third kappa shape index (κ3) is 17.4. The van der Waals surface area contributed by atoms with Gasteiger partial charge in [-0.3, -0.25) is 9.52 Å². The van der Waals surface area contributed by atoms with Gasteiger partial charge in [-0.25, -0.2) is 23.4 Å². The highest BCUT2D eigenvalue weighted by molar-refractivity contribution is 7.92. The summed E-state index contributed by atoms with van der Waals surface area (Å²) in [5, 5.41) is 10.1. The van der Waals surface area contributed by atoms with Gasteiger partial charge in [0.15, 0.2) is 25.6 Å². The molecule has 0 radical (unpaired) electrons. The number of rotatable bonds is 22. The number of aliphatic hydroxyl groups is 1. The number of Topliss-reactive ketones (excluding diaryl/α,β-unsaturated/α-hetero) is 1. The van der Waals surface area contributed by atoms with Crippen molar-refractivity contribution in [2.24, 2.45) is 0 Å². The molecule has 0 spiro atoms. The monoisotopic (exact) mass is 1550 g/mol. The minimum atomic E-state index is -5.67. The van der Waals surface area contributed by atoms with Crippen molar-refractivity contribution >= 4 is 54.6 Å². The Hall–Kier alpha value is -10.9. The van der Waals surface area contributed by atoms with Crippen molar-refractivity contribution in [3.8, 4) is 50.6 Å². The quantitative estimate of drug-likeness (QED) is 0.0322. The number of anilines is 1. The molecular weight excluding hydrogens is 1490 g/mol. The largest absolute Gasteiger partial charge is 0.487 e. The third-order valence-corrected chi connectivity index (χ3v) is 19.8. The Labute approximate surface area is 618 Å². The average molecular weight is 1550 g/mol. The lowest BCUT2D eigenvalue weighted by Gasteiger charge is -2.19. The third-order valence-electron chi connectivity index (χ3n) is 19.2. The SMILES string of the molecule is CC(=O)c1ccccc1-c1ccc2nc(C3CC3c3ccc(OCC(F)(F)C(F)(F)F)cc3)[nH]c2c1.CC(O)c1ccccc1-c1ccc2nc(C3CC3c3ccc(OCC(F)(F)C(F)(F)F)cc3)[nH]c2c1.CS(=O)(=O)Nc1ccccc1-c1ccc2nc(C3CC3c3ccc(OCC(F)(F)C(F)(F)F)cc3)[nH]c2c1. The topological polar surface area (TPSA) is 197 Å². The van der Waals surface area contributed by atoms with Crippen molar-refractivity contribution in [2.75, 3.05) is 30.8 Å². The second kappa shape index (κ2) is 29.8. The maximum absolute atomic E-state index is 13.1. The number of benzene rings is 9. The highest BCUT2D eigenvalue weighted by atomic mass is 32.2. The first kappa shape index (κ1) is 77.3. The van der Waals surface area contributed by atoms with E-state index in [4.69, 9.17) is 9.97 Å². The Kier molecular flexibility index (Phi) is 21.0. The number of nitrogens with zero attached hydrogens (tertiary/aromatic N) is 3. The summed E-state index contributed by atoms with van der Waals surface area (Å²) in [5.41, 5.74) is 14.8. The van der Waals surface area contributed by atoms with Gasteiger partial charge >= 0.3 is 36.3 Å². The van der Waals surface area contributed by atoms with E-state index in [2.05, 4.69) is 38.9 Å². The van der Waals surface area contributed by atoms with Crippen LogP contribution in [0.3, 0.4) is 0 Å². The molecule has 3 heterocycles. The van der Waals surface area contributed by atoms with Gasteiger partial charge in [-0.05, 0) is 180 Å². The molecule has 3 aromatic heterocycles. The van der Waals surface area contributed by atoms with Crippen molar-refractivity contribution in [3.05, 3.63) is 245 Å². The number of carbonyl (C=O) groups is 1. The van der Waals surface area contributed by atoms with Crippen molar-refractivity contribution in [2.45, 2.75) is 111 Å². The molecule has 0 saturated heterocycles. The Bertz CT molecular complexity index is 5450. The summed E-state index contributed by atoms with van der Waals surface area (Å²) < 4.78 is 229. The van der Waals surface area contributed by atoms with Crippen molar-refractivity contribution in [1.82, 2.24) is 29.9 Å².